The molecule has 0 aliphatic carbocycles. The number of carbonyl (C=O) groups excluding carboxylic acids is 1. The molecular weight excluding hydrogens is 452 g/mol. The predicted octanol–water partition coefficient (Wildman–Crippen LogP) is 5.16. The molecule has 0 radical (unpaired) electrons. The molecule has 0 heterocycles. The second-order valence-corrected chi connectivity index (χ2v) is 9.15. The Kier molecular flexibility index (Phi) is 7.01. The maximum atomic E-state index is 12.9. The molecule has 0 aliphatic rings. The molecular formula is C23H19BrO4S. The summed E-state index contributed by atoms with van der Waals surface area (Å²) in [6.07, 6.45) is 2.41. The SMILES string of the molecule is O=C(OC(/C=C/c1ccccc1)CS(=O)(=O)c1ccccc1Br)c1ccccc1. The standard InChI is InChI=1S/C23H19BrO4S/c24-21-13-7-8-14-22(21)29(26,27)17-20(16-15-18-9-3-1-4-10-18)28-23(25)19-11-5-2-6-12-19/h1-16,20H,17H2/b16-15+. The summed E-state index contributed by atoms with van der Waals surface area (Å²) in [7, 11) is -3.70. The van der Waals surface area contributed by atoms with E-state index in [1.165, 1.54) is 6.07 Å². The Morgan fingerprint density at radius 2 is 1.48 bits per heavy atom. The Morgan fingerprint density at radius 1 is 0.897 bits per heavy atom. The van der Waals surface area contributed by atoms with E-state index in [1.807, 2.05) is 30.3 Å². The third-order valence-corrected chi connectivity index (χ3v) is 6.87. The van der Waals surface area contributed by atoms with Crippen LogP contribution in [0.3, 0.4) is 0 Å². The Hall–Kier alpha value is -2.70. The van der Waals surface area contributed by atoms with Crippen LogP contribution in [0.4, 0.5) is 0 Å². The predicted molar refractivity (Wildman–Crippen MR) is 117 cm³/mol. The largest absolute Gasteiger partial charge is 0.453 e. The van der Waals surface area contributed by atoms with Crippen molar-refractivity contribution in [2.75, 3.05) is 5.75 Å². The van der Waals surface area contributed by atoms with E-state index in [4.69, 9.17) is 4.74 Å². The molecule has 0 bridgehead atoms. The molecule has 3 rings (SSSR count). The van der Waals surface area contributed by atoms with Gasteiger partial charge in [0.25, 0.3) is 0 Å². The van der Waals surface area contributed by atoms with Crippen LogP contribution in [0.2, 0.25) is 0 Å². The lowest BCUT2D eigenvalue weighted by Crippen LogP contribution is -2.25. The van der Waals surface area contributed by atoms with E-state index in [0.717, 1.165) is 5.56 Å². The summed E-state index contributed by atoms with van der Waals surface area (Å²) >= 11 is 3.28. The smallest absolute Gasteiger partial charge is 0.338 e. The number of ether oxygens (including phenoxy) is 1. The molecule has 0 saturated carbocycles. The summed E-state index contributed by atoms with van der Waals surface area (Å²) in [4.78, 5) is 12.7. The highest BCUT2D eigenvalue weighted by molar-refractivity contribution is 9.10. The van der Waals surface area contributed by atoms with Crippen LogP contribution >= 0.6 is 15.9 Å². The summed E-state index contributed by atoms with van der Waals surface area (Å²) in [5, 5.41) is 0. The Bertz CT molecular complexity index is 1090. The topological polar surface area (TPSA) is 60.4 Å². The molecule has 0 fully saturated rings. The van der Waals surface area contributed by atoms with Gasteiger partial charge in [-0.2, -0.15) is 0 Å². The first-order chi connectivity index (χ1) is 14.0. The van der Waals surface area contributed by atoms with Crippen molar-refractivity contribution in [2.24, 2.45) is 0 Å². The van der Waals surface area contributed by atoms with Crippen molar-refractivity contribution in [3.63, 3.8) is 0 Å². The second kappa shape index (κ2) is 9.67. The van der Waals surface area contributed by atoms with Crippen LogP contribution in [0.25, 0.3) is 6.08 Å². The van der Waals surface area contributed by atoms with Gasteiger partial charge in [0.15, 0.2) is 9.84 Å². The molecule has 0 spiro atoms. The number of hydrogen-bond acceptors (Lipinski definition) is 4. The zero-order valence-corrected chi connectivity index (χ0v) is 17.8. The fourth-order valence-corrected chi connectivity index (χ4v) is 5.16. The van der Waals surface area contributed by atoms with Crippen molar-refractivity contribution in [1.82, 2.24) is 0 Å². The fourth-order valence-electron chi connectivity index (χ4n) is 2.69. The normalized spacial score (nSPS) is 12.6. The lowest BCUT2D eigenvalue weighted by molar-refractivity contribution is 0.0430. The van der Waals surface area contributed by atoms with Crippen molar-refractivity contribution in [3.05, 3.63) is 107 Å². The Morgan fingerprint density at radius 3 is 2.14 bits per heavy atom. The minimum Gasteiger partial charge on any atom is -0.453 e. The molecule has 148 valence electrons. The number of hydrogen-bond donors (Lipinski definition) is 0. The van der Waals surface area contributed by atoms with E-state index in [-0.39, 0.29) is 10.6 Å². The molecule has 0 amide bonds. The van der Waals surface area contributed by atoms with Gasteiger partial charge in [0.2, 0.25) is 0 Å². The molecule has 0 aromatic heterocycles. The van der Waals surface area contributed by atoms with Crippen molar-refractivity contribution >= 4 is 37.8 Å². The first kappa shape index (κ1) is 21.0. The zero-order valence-electron chi connectivity index (χ0n) is 15.4. The number of halogens is 1. The number of rotatable bonds is 7. The summed E-state index contributed by atoms with van der Waals surface area (Å²) in [5.74, 6) is -0.937. The van der Waals surface area contributed by atoms with Gasteiger partial charge < -0.3 is 4.74 Å². The highest BCUT2D eigenvalue weighted by Crippen LogP contribution is 2.24. The van der Waals surface area contributed by atoms with Gasteiger partial charge in [0.1, 0.15) is 6.10 Å². The van der Waals surface area contributed by atoms with E-state index in [9.17, 15) is 13.2 Å². The van der Waals surface area contributed by atoms with Crippen LogP contribution in [-0.2, 0) is 14.6 Å². The van der Waals surface area contributed by atoms with Gasteiger partial charge in [-0.3, -0.25) is 0 Å². The van der Waals surface area contributed by atoms with Crippen molar-refractivity contribution < 1.29 is 17.9 Å². The fraction of sp³-hybridized carbons (Fsp3) is 0.0870. The molecule has 3 aromatic carbocycles. The molecule has 6 heteroatoms. The van der Waals surface area contributed by atoms with Crippen LogP contribution in [-0.4, -0.2) is 26.2 Å². The number of carbonyl (C=O) groups is 1. The van der Waals surface area contributed by atoms with Gasteiger partial charge in [-0.15, -0.1) is 0 Å². The van der Waals surface area contributed by atoms with E-state index in [2.05, 4.69) is 15.9 Å². The number of sulfone groups is 1. The van der Waals surface area contributed by atoms with E-state index in [1.54, 1.807) is 60.7 Å². The van der Waals surface area contributed by atoms with Crippen LogP contribution < -0.4 is 0 Å². The van der Waals surface area contributed by atoms with E-state index >= 15 is 0 Å². The Balaban J connectivity index is 1.87. The van der Waals surface area contributed by atoms with E-state index in [0.29, 0.717) is 10.0 Å². The highest BCUT2D eigenvalue weighted by Gasteiger charge is 2.24. The average Bonchev–Trinajstić information content (AvgIpc) is 2.73. The van der Waals surface area contributed by atoms with E-state index < -0.39 is 21.9 Å². The van der Waals surface area contributed by atoms with Gasteiger partial charge in [0, 0.05) is 4.47 Å². The zero-order chi connectivity index (χ0) is 20.7. The number of esters is 1. The van der Waals surface area contributed by atoms with Crippen LogP contribution in [0.1, 0.15) is 15.9 Å². The molecule has 0 N–H and O–H groups in total. The lowest BCUT2D eigenvalue weighted by Gasteiger charge is -2.16. The molecule has 0 aliphatic heterocycles. The lowest BCUT2D eigenvalue weighted by atomic mass is 10.2. The molecule has 1 atom stereocenters. The molecule has 3 aromatic rings. The second-order valence-electron chi connectivity index (χ2n) is 6.29. The monoisotopic (exact) mass is 470 g/mol. The summed E-state index contributed by atoms with van der Waals surface area (Å²) in [6, 6.07) is 24.5. The molecule has 4 nitrogen and oxygen atoms in total. The Labute approximate surface area is 178 Å². The van der Waals surface area contributed by atoms with Crippen LogP contribution in [0.15, 0.2) is 100 Å². The van der Waals surface area contributed by atoms with Crippen LogP contribution in [0.5, 0.6) is 0 Å². The maximum absolute atomic E-state index is 12.9. The summed E-state index contributed by atoms with van der Waals surface area (Å²) in [5.41, 5.74) is 1.25. The molecule has 1 unspecified atom stereocenters. The average molecular weight is 471 g/mol. The summed E-state index contributed by atoms with van der Waals surface area (Å²) < 4.78 is 31.9. The number of benzene rings is 3. The van der Waals surface area contributed by atoms with Crippen molar-refractivity contribution in [1.29, 1.82) is 0 Å². The van der Waals surface area contributed by atoms with Crippen LogP contribution in [0, 0.1) is 0 Å². The van der Waals surface area contributed by atoms with Gasteiger partial charge in [-0.05, 0) is 51.8 Å². The maximum Gasteiger partial charge on any atom is 0.338 e. The molecule has 0 saturated heterocycles. The van der Waals surface area contributed by atoms with Gasteiger partial charge >= 0.3 is 5.97 Å². The third-order valence-electron chi connectivity index (χ3n) is 4.13. The third kappa shape index (κ3) is 5.89. The minimum absolute atomic E-state index is 0.161. The quantitative estimate of drug-likeness (QED) is 0.447. The first-order valence-corrected chi connectivity index (χ1v) is 11.4. The van der Waals surface area contributed by atoms with Crippen molar-refractivity contribution in [3.8, 4) is 0 Å². The molecule has 29 heavy (non-hydrogen) atoms. The van der Waals surface area contributed by atoms with Gasteiger partial charge in [0.05, 0.1) is 16.2 Å². The highest BCUT2D eigenvalue weighted by atomic mass is 79.9. The van der Waals surface area contributed by atoms with Gasteiger partial charge in [-0.25, -0.2) is 13.2 Å². The summed E-state index contributed by atoms with van der Waals surface area (Å²) in [6.45, 7) is 0. The minimum atomic E-state index is -3.70. The van der Waals surface area contributed by atoms with Gasteiger partial charge in [-0.1, -0.05) is 66.7 Å². The first-order valence-electron chi connectivity index (χ1n) is 8.92. The van der Waals surface area contributed by atoms with Crippen molar-refractivity contribution in [2.45, 2.75) is 11.0 Å².